The number of hydrogen-bond acceptors (Lipinski definition) is 2. The van der Waals surface area contributed by atoms with Crippen molar-refractivity contribution in [2.24, 2.45) is 0 Å². The van der Waals surface area contributed by atoms with Gasteiger partial charge < -0.3 is 0 Å². The van der Waals surface area contributed by atoms with Gasteiger partial charge in [-0.25, -0.2) is 4.85 Å². The molecule has 0 fully saturated rings. The molecule has 0 spiro atoms. The molecule has 8 aromatic rings. The third kappa shape index (κ3) is 4.06. The van der Waals surface area contributed by atoms with Crippen LogP contribution in [0.2, 0.25) is 0 Å². The summed E-state index contributed by atoms with van der Waals surface area (Å²) >= 11 is 0. The third-order valence-electron chi connectivity index (χ3n) is 9.63. The van der Waals surface area contributed by atoms with Crippen molar-refractivity contribution in [2.75, 3.05) is 0 Å². The zero-order valence-electron chi connectivity index (χ0n) is 25.4. The molecule has 47 heavy (non-hydrogen) atoms. The Labute approximate surface area is 273 Å². The van der Waals surface area contributed by atoms with Crippen molar-refractivity contribution in [2.45, 2.75) is 5.41 Å². The highest BCUT2D eigenvalue weighted by molar-refractivity contribution is 6.10. The lowest BCUT2D eigenvalue weighted by Crippen LogP contribution is -2.28. The van der Waals surface area contributed by atoms with Gasteiger partial charge in [0.15, 0.2) is 5.69 Å². The van der Waals surface area contributed by atoms with Gasteiger partial charge in [-0.3, -0.25) is 9.97 Å². The molecule has 3 heteroatoms. The fourth-order valence-corrected chi connectivity index (χ4v) is 7.61. The van der Waals surface area contributed by atoms with Crippen LogP contribution in [0.15, 0.2) is 164 Å². The predicted octanol–water partition coefficient (Wildman–Crippen LogP) is 11.0. The van der Waals surface area contributed by atoms with E-state index >= 15 is 0 Å². The minimum absolute atomic E-state index is 0.566. The highest BCUT2D eigenvalue weighted by Gasteiger charge is 2.46. The maximum Gasteiger partial charge on any atom is 0.187 e. The van der Waals surface area contributed by atoms with Crippen molar-refractivity contribution in [1.29, 1.82) is 0 Å². The number of benzene rings is 6. The van der Waals surface area contributed by atoms with Gasteiger partial charge in [0.05, 0.1) is 23.0 Å². The molecule has 3 nitrogen and oxygen atoms in total. The molecule has 218 valence electrons. The lowest BCUT2D eigenvalue weighted by molar-refractivity contribution is 0.769. The first-order valence-electron chi connectivity index (χ1n) is 15.8. The Morgan fingerprint density at radius 2 is 1.09 bits per heavy atom. The summed E-state index contributed by atoms with van der Waals surface area (Å²) in [5.41, 5.74) is 13.7. The Kier molecular flexibility index (Phi) is 6.10. The quantitative estimate of drug-likeness (QED) is 0.149. The molecule has 2 aromatic heterocycles. The predicted molar refractivity (Wildman–Crippen MR) is 191 cm³/mol. The third-order valence-corrected chi connectivity index (χ3v) is 9.63. The molecule has 0 amide bonds. The van der Waals surface area contributed by atoms with E-state index < -0.39 is 5.41 Å². The molecular formula is C44H27N3. The van der Waals surface area contributed by atoms with Crippen LogP contribution < -0.4 is 0 Å². The maximum atomic E-state index is 7.60. The fraction of sp³-hybridized carbons (Fsp3) is 0.0227. The Morgan fingerprint density at radius 3 is 1.79 bits per heavy atom. The molecule has 0 bridgehead atoms. The second-order valence-corrected chi connectivity index (χ2v) is 12.1. The van der Waals surface area contributed by atoms with Gasteiger partial charge in [-0.2, -0.15) is 0 Å². The second-order valence-electron chi connectivity index (χ2n) is 12.1. The molecule has 0 radical (unpaired) electrons. The molecule has 0 aliphatic heterocycles. The number of rotatable bonds is 4. The molecule has 9 rings (SSSR count). The monoisotopic (exact) mass is 597 g/mol. The van der Waals surface area contributed by atoms with Crippen molar-refractivity contribution in [3.05, 3.63) is 198 Å². The molecule has 6 aromatic carbocycles. The number of pyridine rings is 2. The van der Waals surface area contributed by atoms with E-state index in [4.69, 9.17) is 16.5 Å². The van der Waals surface area contributed by atoms with Gasteiger partial charge in [-0.05, 0) is 92.0 Å². The van der Waals surface area contributed by atoms with E-state index in [1.165, 1.54) is 33.4 Å². The van der Waals surface area contributed by atoms with Gasteiger partial charge >= 0.3 is 0 Å². The number of fused-ring (bicyclic) bond motifs is 6. The molecule has 0 saturated heterocycles. The first-order valence-corrected chi connectivity index (χ1v) is 15.8. The van der Waals surface area contributed by atoms with E-state index in [2.05, 4.69) is 126 Å². The average molecular weight is 598 g/mol. The van der Waals surface area contributed by atoms with E-state index in [1.54, 1.807) is 0 Å². The molecule has 1 aliphatic rings. The summed E-state index contributed by atoms with van der Waals surface area (Å²) in [7, 11) is 0. The van der Waals surface area contributed by atoms with Crippen LogP contribution in [0.4, 0.5) is 5.69 Å². The van der Waals surface area contributed by atoms with Crippen LogP contribution in [0.25, 0.3) is 60.0 Å². The lowest BCUT2D eigenvalue weighted by atomic mass is 9.67. The molecule has 0 unspecified atom stereocenters. The standard InChI is InChI=1S/C44H27N3/c1-45-35-17-8-11-29(25-35)30-19-21-36-37-22-20-31(39-26-32-12-9-23-46-42(32)43-38(39)18-10-24-47-43)28-41(37)44(40(36)27-30,33-13-4-2-5-14-33)34-15-6-3-7-16-34/h2-28H. The number of aromatic nitrogens is 2. The van der Waals surface area contributed by atoms with Gasteiger partial charge in [-0.1, -0.05) is 115 Å². The highest BCUT2D eigenvalue weighted by Crippen LogP contribution is 2.57. The zero-order valence-corrected chi connectivity index (χ0v) is 25.4. The summed E-state index contributed by atoms with van der Waals surface area (Å²) < 4.78 is 0. The summed E-state index contributed by atoms with van der Waals surface area (Å²) in [5.74, 6) is 0. The van der Waals surface area contributed by atoms with Gasteiger partial charge in [0.1, 0.15) is 0 Å². The summed E-state index contributed by atoms with van der Waals surface area (Å²) in [6, 6.07) is 53.9. The molecule has 0 saturated carbocycles. The largest absolute Gasteiger partial charge is 0.254 e. The van der Waals surface area contributed by atoms with E-state index in [0.717, 1.165) is 44.1 Å². The summed E-state index contributed by atoms with van der Waals surface area (Å²) in [4.78, 5) is 13.2. The van der Waals surface area contributed by atoms with Crippen LogP contribution in [0.5, 0.6) is 0 Å². The van der Waals surface area contributed by atoms with Crippen molar-refractivity contribution in [1.82, 2.24) is 9.97 Å². The molecule has 2 heterocycles. The van der Waals surface area contributed by atoms with E-state index in [0.29, 0.717) is 5.69 Å². The van der Waals surface area contributed by atoms with Crippen LogP contribution in [0.1, 0.15) is 22.3 Å². The van der Waals surface area contributed by atoms with Crippen LogP contribution in [-0.4, -0.2) is 9.97 Å². The van der Waals surface area contributed by atoms with E-state index in [1.807, 2.05) is 42.7 Å². The Bertz CT molecular complexity index is 2490. The summed E-state index contributed by atoms with van der Waals surface area (Å²) in [6.45, 7) is 7.60. The molecule has 1 aliphatic carbocycles. The fourth-order valence-electron chi connectivity index (χ4n) is 7.61. The van der Waals surface area contributed by atoms with Crippen molar-refractivity contribution in [3.63, 3.8) is 0 Å². The normalized spacial score (nSPS) is 12.8. The van der Waals surface area contributed by atoms with E-state index in [9.17, 15) is 0 Å². The minimum Gasteiger partial charge on any atom is -0.254 e. The zero-order chi connectivity index (χ0) is 31.4. The minimum atomic E-state index is -0.566. The molecule has 0 N–H and O–H groups in total. The average Bonchev–Trinajstić information content (AvgIpc) is 3.45. The Balaban J connectivity index is 1.37. The Hall–Kier alpha value is -6.37. The van der Waals surface area contributed by atoms with Crippen LogP contribution in [-0.2, 0) is 5.41 Å². The van der Waals surface area contributed by atoms with Crippen molar-refractivity contribution >= 4 is 27.5 Å². The second kappa shape index (κ2) is 10.6. The van der Waals surface area contributed by atoms with Gasteiger partial charge in [0, 0.05) is 23.2 Å². The summed E-state index contributed by atoms with van der Waals surface area (Å²) in [6.07, 6.45) is 3.68. The maximum absolute atomic E-state index is 7.60. The number of hydrogen-bond donors (Lipinski definition) is 0. The van der Waals surface area contributed by atoms with Crippen LogP contribution in [0, 0.1) is 6.57 Å². The van der Waals surface area contributed by atoms with Crippen LogP contribution >= 0.6 is 0 Å². The molecule has 0 atom stereocenters. The van der Waals surface area contributed by atoms with Gasteiger partial charge in [0.2, 0.25) is 0 Å². The highest BCUT2D eigenvalue weighted by atomic mass is 14.7. The van der Waals surface area contributed by atoms with Gasteiger partial charge in [0.25, 0.3) is 0 Å². The van der Waals surface area contributed by atoms with Crippen molar-refractivity contribution in [3.8, 4) is 33.4 Å². The first kappa shape index (κ1) is 27.0. The topological polar surface area (TPSA) is 30.1 Å². The van der Waals surface area contributed by atoms with Crippen LogP contribution in [0.3, 0.4) is 0 Å². The SMILES string of the molecule is [C-]#[N+]c1cccc(-c2ccc3c(c2)C(c2ccccc2)(c2ccccc2)c2cc(-c4cc5cccnc5c5ncccc45)ccc2-3)c1. The van der Waals surface area contributed by atoms with Crippen molar-refractivity contribution < 1.29 is 0 Å². The van der Waals surface area contributed by atoms with Gasteiger partial charge in [-0.15, -0.1) is 0 Å². The summed E-state index contributed by atoms with van der Waals surface area (Å²) in [5, 5.41) is 2.15. The lowest BCUT2D eigenvalue weighted by Gasteiger charge is -2.34. The van der Waals surface area contributed by atoms with E-state index in [-0.39, 0.29) is 0 Å². The number of nitrogens with zero attached hydrogens (tertiary/aromatic N) is 3. The Morgan fingerprint density at radius 1 is 0.468 bits per heavy atom. The molecular weight excluding hydrogens is 571 g/mol. The smallest absolute Gasteiger partial charge is 0.187 e. The first-order chi connectivity index (χ1) is 23.3.